The SMILES string of the molecule is O=C(O)Cc1nc2ncc(Br)cn2n1. The third kappa shape index (κ3) is 1.72. The van der Waals surface area contributed by atoms with Crippen molar-refractivity contribution >= 4 is 27.7 Å². The molecule has 2 aromatic rings. The van der Waals surface area contributed by atoms with Gasteiger partial charge in [-0.2, -0.15) is 4.98 Å². The molecule has 0 saturated heterocycles. The van der Waals surface area contributed by atoms with E-state index in [1.165, 1.54) is 4.52 Å². The number of rotatable bonds is 2. The minimum Gasteiger partial charge on any atom is -0.481 e. The number of hydrogen-bond acceptors (Lipinski definition) is 4. The Balaban J connectivity index is 2.46. The molecular formula is C7H5BrN4O2. The molecule has 7 heteroatoms. The molecule has 2 heterocycles. The molecule has 1 N–H and O–H groups in total. The Hall–Kier alpha value is -1.50. The second kappa shape index (κ2) is 3.33. The van der Waals surface area contributed by atoms with Gasteiger partial charge in [-0.05, 0) is 15.9 Å². The van der Waals surface area contributed by atoms with Gasteiger partial charge in [0.2, 0.25) is 0 Å². The topological polar surface area (TPSA) is 80.4 Å². The number of fused-ring (bicyclic) bond motifs is 1. The van der Waals surface area contributed by atoms with E-state index in [-0.39, 0.29) is 12.2 Å². The van der Waals surface area contributed by atoms with Crippen LogP contribution in [0.2, 0.25) is 0 Å². The Labute approximate surface area is 86.7 Å². The third-order valence-electron chi connectivity index (χ3n) is 1.52. The highest BCUT2D eigenvalue weighted by Gasteiger charge is 2.08. The maximum atomic E-state index is 10.4. The highest BCUT2D eigenvalue weighted by molar-refractivity contribution is 9.10. The van der Waals surface area contributed by atoms with Gasteiger partial charge in [0.25, 0.3) is 5.78 Å². The molecule has 0 bridgehead atoms. The molecule has 0 aliphatic carbocycles. The van der Waals surface area contributed by atoms with E-state index in [9.17, 15) is 4.79 Å². The van der Waals surface area contributed by atoms with E-state index in [0.29, 0.717) is 5.78 Å². The summed E-state index contributed by atoms with van der Waals surface area (Å²) in [5.41, 5.74) is 0. The first kappa shape index (κ1) is 9.07. The Morgan fingerprint density at radius 3 is 3.14 bits per heavy atom. The standard InChI is InChI=1S/C7H5BrN4O2/c8-4-2-9-7-10-5(1-6(13)14)11-12(7)3-4/h2-3H,1H2,(H,13,14). The summed E-state index contributed by atoms with van der Waals surface area (Å²) in [7, 11) is 0. The van der Waals surface area contributed by atoms with E-state index < -0.39 is 5.97 Å². The molecular weight excluding hydrogens is 252 g/mol. The Morgan fingerprint density at radius 1 is 1.64 bits per heavy atom. The van der Waals surface area contributed by atoms with Gasteiger partial charge in [0, 0.05) is 12.4 Å². The van der Waals surface area contributed by atoms with Crippen LogP contribution in [0, 0.1) is 0 Å². The molecule has 0 spiro atoms. The largest absolute Gasteiger partial charge is 0.481 e. The molecule has 0 atom stereocenters. The van der Waals surface area contributed by atoms with Crippen molar-refractivity contribution in [1.29, 1.82) is 0 Å². The second-order valence-electron chi connectivity index (χ2n) is 2.62. The Kier molecular flexibility index (Phi) is 2.16. The van der Waals surface area contributed by atoms with Gasteiger partial charge in [-0.15, -0.1) is 5.10 Å². The average molecular weight is 257 g/mol. The molecule has 0 aliphatic rings. The van der Waals surface area contributed by atoms with Crippen LogP contribution in [0.1, 0.15) is 5.82 Å². The number of nitrogens with zero attached hydrogens (tertiary/aromatic N) is 4. The highest BCUT2D eigenvalue weighted by Crippen LogP contribution is 2.07. The molecule has 0 saturated carbocycles. The van der Waals surface area contributed by atoms with E-state index in [4.69, 9.17) is 5.11 Å². The fourth-order valence-electron chi connectivity index (χ4n) is 1.01. The lowest BCUT2D eigenvalue weighted by Crippen LogP contribution is -2.01. The van der Waals surface area contributed by atoms with Gasteiger partial charge in [-0.3, -0.25) is 4.79 Å². The number of carboxylic acid groups (broad SMARTS) is 1. The molecule has 0 aromatic carbocycles. The summed E-state index contributed by atoms with van der Waals surface area (Å²) >= 11 is 3.23. The van der Waals surface area contributed by atoms with Crippen LogP contribution in [0.3, 0.4) is 0 Å². The molecule has 0 fully saturated rings. The maximum Gasteiger partial charge on any atom is 0.311 e. The first-order chi connectivity index (χ1) is 6.65. The van der Waals surface area contributed by atoms with Gasteiger partial charge >= 0.3 is 5.97 Å². The molecule has 14 heavy (non-hydrogen) atoms. The number of halogens is 1. The first-order valence-corrected chi connectivity index (χ1v) is 4.53. The Bertz CT molecular complexity index is 495. The normalized spacial score (nSPS) is 10.6. The van der Waals surface area contributed by atoms with Crippen LogP contribution in [0.5, 0.6) is 0 Å². The van der Waals surface area contributed by atoms with E-state index in [2.05, 4.69) is 31.0 Å². The van der Waals surface area contributed by atoms with Gasteiger partial charge in [-0.1, -0.05) is 0 Å². The smallest absolute Gasteiger partial charge is 0.311 e. The monoisotopic (exact) mass is 256 g/mol. The molecule has 0 amide bonds. The van der Waals surface area contributed by atoms with Crippen molar-refractivity contribution in [3.8, 4) is 0 Å². The molecule has 6 nitrogen and oxygen atoms in total. The fraction of sp³-hybridized carbons (Fsp3) is 0.143. The zero-order valence-corrected chi connectivity index (χ0v) is 8.47. The molecule has 0 radical (unpaired) electrons. The predicted molar refractivity (Wildman–Crippen MR) is 49.8 cm³/mol. The minimum absolute atomic E-state index is 0.193. The summed E-state index contributed by atoms with van der Waals surface area (Å²) in [5.74, 6) is -0.312. The molecule has 2 aromatic heterocycles. The number of aliphatic carboxylic acids is 1. The predicted octanol–water partition coefficient (Wildman–Crippen LogP) is 0.514. The second-order valence-corrected chi connectivity index (χ2v) is 3.53. The lowest BCUT2D eigenvalue weighted by molar-refractivity contribution is -0.136. The summed E-state index contributed by atoms with van der Waals surface area (Å²) < 4.78 is 2.19. The fourth-order valence-corrected chi connectivity index (χ4v) is 1.31. The van der Waals surface area contributed by atoms with Gasteiger partial charge in [0.1, 0.15) is 6.42 Å². The summed E-state index contributed by atoms with van der Waals surface area (Å²) in [6.45, 7) is 0. The van der Waals surface area contributed by atoms with Crippen LogP contribution in [0.15, 0.2) is 16.9 Å². The van der Waals surface area contributed by atoms with Crippen LogP contribution < -0.4 is 0 Å². The number of aromatic nitrogens is 4. The zero-order chi connectivity index (χ0) is 10.1. The van der Waals surface area contributed by atoms with Crippen molar-refractivity contribution in [2.45, 2.75) is 6.42 Å². The maximum absolute atomic E-state index is 10.4. The zero-order valence-electron chi connectivity index (χ0n) is 6.88. The third-order valence-corrected chi connectivity index (χ3v) is 1.92. The van der Waals surface area contributed by atoms with Crippen LogP contribution in [0.25, 0.3) is 5.78 Å². The van der Waals surface area contributed by atoms with Crippen molar-refractivity contribution in [1.82, 2.24) is 19.6 Å². The van der Waals surface area contributed by atoms with Crippen molar-refractivity contribution in [3.05, 3.63) is 22.7 Å². The highest BCUT2D eigenvalue weighted by atomic mass is 79.9. The van der Waals surface area contributed by atoms with E-state index in [1.54, 1.807) is 12.4 Å². The van der Waals surface area contributed by atoms with Crippen LogP contribution >= 0.6 is 15.9 Å². The van der Waals surface area contributed by atoms with Crippen LogP contribution in [-0.2, 0) is 11.2 Å². The van der Waals surface area contributed by atoms with Crippen molar-refractivity contribution in [3.63, 3.8) is 0 Å². The molecule has 72 valence electrons. The van der Waals surface area contributed by atoms with Crippen LogP contribution in [0.4, 0.5) is 0 Å². The van der Waals surface area contributed by atoms with Gasteiger partial charge in [0.05, 0.1) is 4.47 Å². The lowest BCUT2D eigenvalue weighted by atomic mass is 10.4. The van der Waals surface area contributed by atoms with Crippen LogP contribution in [-0.4, -0.2) is 30.7 Å². The first-order valence-electron chi connectivity index (χ1n) is 3.74. The lowest BCUT2D eigenvalue weighted by Gasteiger charge is -1.89. The van der Waals surface area contributed by atoms with Crippen molar-refractivity contribution in [2.75, 3.05) is 0 Å². The number of carboxylic acids is 1. The summed E-state index contributed by atoms with van der Waals surface area (Å²) in [6.07, 6.45) is 3.05. The summed E-state index contributed by atoms with van der Waals surface area (Å²) in [4.78, 5) is 18.3. The summed E-state index contributed by atoms with van der Waals surface area (Å²) in [6, 6.07) is 0. The number of hydrogen-bond donors (Lipinski definition) is 1. The number of carbonyl (C=O) groups is 1. The van der Waals surface area contributed by atoms with E-state index >= 15 is 0 Å². The van der Waals surface area contributed by atoms with E-state index in [1.807, 2.05) is 0 Å². The van der Waals surface area contributed by atoms with Gasteiger partial charge in [-0.25, -0.2) is 9.50 Å². The molecule has 0 aliphatic heterocycles. The quantitative estimate of drug-likeness (QED) is 0.847. The van der Waals surface area contributed by atoms with Crippen molar-refractivity contribution < 1.29 is 9.90 Å². The van der Waals surface area contributed by atoms with E-state index in [0.717, 1.165) is 4.47 Å². The van der Waals surface area contributed by atoms with Crippen molar-refractivity contribution in [2.24, 2.45) is 0 Å². The van der Waals surface area contributed by atoms with Gasteiger partial charge < -0.3 is 5.11 Å². The average Bonchev–Trinajstić information content (AvgIpc) is 2.44. The summed E-state index contributed by atoms with van der Waals surface area (Å²) in [5, 5.41) is 12.5. The molecule has 2 rings (SSSR count). The molecule has 0 unspecified atom stereocenters. The minimum atomic E-state index is -0.958. The van der Waals surface area contributed by atoms with Gasteiger partial charge in [0.15, 0.2) is 5.82 Å². The Morgan fingerprint density at radius 2 is 2.43 bits per heavy atom.